The van der Waals surface area contributed by atoms with Crippen LogP contribution in [0.1, 0.15) is 11.1 Å². The number of nitrogens with two attached hydrogens (primary N) is 2. The maximum absolute atomic E-state index is 11.9. The lowest BCUT2D eigenvalue weighted by molar-refractivity contribution is 0.233. The van der Waals surface area contributed by atoms with Crippen molar-refractivity contribution in [3.8, 4) is 0 Å². The Morgan fingerprint density at radius 2 is 1.14 bits per heavy atom. The molecule has 0 aromatic heterocycles. The van der Waals surface area contributed by atoms with Crippen molar-refractivity contribution < 1.29 is 4.79 Å². The van der Waals surface area contributed by atoms with Crippen LogP contribution in [0.25, 0.3) is 0 Å². The zero-order valence-electron chi connectivity index (χ0n) is 12.4. The summed E-state index contributed by atoms with van der Waals surface area (Å²) in [7, 11) is 0. The standard InChI is InChI=1S/C17H22N4O/c18-15(11-13-7-3-1-4-8-13)20-17(22)21-16(19)12-14-9-5-2-6-10-14/h1-10,15-16H,11-12,18-19H2,(H2,20,21,22). The quantitative estimate of drug-likeness (QED) is 0.606. The van der Waals surface area contributed by atoms with E-state index in [4.69, 9.17) is 11.5 Å². The summed E-state index contributed by atoms with van der Waals surface area (Å²) in [6, 6.07) is 19.2. The molecule has 22 heavy (non-hydrogen) atoms. The van der Waals surface area contributed by atoms with Gasteiger partial charge in [0.2, 0.25) is 0 Å². The molecule has 2 unspecified atom stereocenters. The van der Waals surface area contributed by atoms with E-state index < -0.39 is 12.3 Å². The van der Waals surface area contributed by atoms with Crippen LogP contribution < -0.4 is 22.1 Å². The third kappa shape index (κ3) is 5.55. The second kappa shape index (κ2) is 8.17. The second-order valence-electron chi connectivity index (χ2n) is 5.21. The molecular formula is C17H22N4O. The second-order valence-corrected chi connectivity index (χ2v) is 5.21. The largest absolute Gasteiger partial charge is 0.323 e. The minimum absolute atomic E-state index is 0.355. The van der Waals surface area contributed by atoms with Crippen LogP contribution in [0.5, 0.6) is 0 Å². The van der Waals surface area contributed by atoms with E-state index in [9.17, 15) is 4.79 Å². The van der Waals surface area contributed by atoms with Gasteiger partial charge < -0.3 is 22.1 Å². The highest BCUT2D eigenvalue weighted by Gasteiger charge is 2.11. The molecule has 2 atom stereocenters. The molecule has 2 rings (SSSR count). The van der Waals surface area contributed by atoms with Crippen LogP contribution in [0.15, 0.2) is 60.7 Å². The summed E-state index contributed by atoms with van der Waals surface area (Å²) in [5.74, 6) is 0. The van der Waals surface area contributed by atoms with E-state index in [0.29, 0.717) is 12.8 Å². The van der Waals surface area contributed by atoms with Crippen molar-refractivity contribution >= 4 is 6.03 Å². The number of urea groups is 1. The summed E-state index contributed by atoms with van der Waals surface area (Å²) in [5, 5.41) is 5.39. The molecule has 2 amide bonds. The number of carbonyl (C=O) groups excluding carboxylic acids is 1. The fourth-order valence-electron chi connectivity index (χ4n) is 2.22. The predicted molar refractivity (Wildman–Crippen MR) is 87.9 cm³/mol. The molecule has 0 spiro atoms. The molecular weight excluding hydrogens is 276 g/mol. The van der Waals surface area contributed by atoms with Crippen LogP contribution in [0, 0.1) is 0 Å². The first-order chi connectivity index (χ1) is 10.6. The summed E-state index contributed by atoms with van der Waals surface area (Å²) >= 11 is 0. The molecule has 0 aliphatic rings. The Balaban J connectivity index is 1.75. The molecule has 5 nitrogen and oxygen atoms in total. The Morgan fingerprint density at radius 1 is 0.773 bits per heavy atom. The minimum atomic E-state index is -0.452. The Bertz CT molecular complexity index is 522. The fraction of sp³-hybridized carbons (Fsp3) is 0.235. The first-order valence-electron chi connectivity index (χ1n) is 7.29. The fourth-order valence-corrected chi connectivity index (χ4v) is 2.22. The molecule has 0 heterocycles. The van der Waals surface area contributed by atoms with E-state index in [-0.39, 0.29) is 6.03 Å². The van der Waals surface area contributed by atoms with E-state index in [2.05, 4.69) is 10.6 Å². The molecule has 0 saturated carbocycles. The van der Waals surface area contributed by atoms with Gasteiger partial charge in [0, 0.05) is 12.8 Å². The number of amides is 2. The van der Waals surface area contributed by atoms with Crippen LogP contribution >= 0.6 is 0 Å². The Morgan fingerprint density at radius 3 is 1.50 bits per heavy atom. The van der Waals surface area contributed by atoms with Crippen LogP contribution in [0.4, 0.5) is 4.79 Å². The molecule has 0 bridgehead atoms. The van der Waals surface area contributed by atoms with Crippen molar-refractivity contribution in [1.82, 2.24) is 10.6 Å². The van der Waals surface area contributed by atoms with Crippen LogP contribution in [-0.2, 0) is 12.8 Å². The van der Waals surface area contributed by atoms with Crippen molar-refractivity contribution in [3.05, 3.63) is 71.8 Å². The SMILES string of the molecule is NC(Cc1ccccc1)NC(=O)NC(N)Cc1ccccc1. The monoisotopic (exact) mass is 298 g/mol. The number of hydrogen-bond acceptors (Lipinski definition) is 3. The molecule has 0 aliphatic carbocycles. The molecule has 0 radical (unpaired) electrons. The highest BCUT2D eigenvalue weighted by atomic mass is 16.2. The average Bonchev–Trinajstić information content (AvgIpc) is 2.48. The third-order valence-corrected chi connectivity index (χ3v) is 3.23. The van der Waals surface area contributed by atoms with Crippen LogP contribution in [0.3, 0.4) is 0 Å². The lowest BCUT2D eigenvalue weighted by Gasteiger charge is -2.18. The predicted octanol–water partition coefficient (Wildman–Crippen LogP) is 1.34. The van der Waals surface area contributed by atoms with E-state index in [1.54, 1.807) is 0 Å². The van der Waals surface area contributed by atoms with Crippen LogP contribution in [0.2, 0.25) is 0 Å². The first kappa shape index (κ1) is 16.0. The molecule has 0 saturated heterocycles. The number of benzene rings is 2. The smallest absolute Gasteiger partial charge is 0.317 e. The topological polar surface area (TPSA) is 93.2 Å². The molecule has 0 aliphatic heterocycles. The summed E-state index contributed by atoms with van der Waals surface area (Å²) in [4.78, 5) is 11.9. The average molecular weight is 298 g/mol. The maximum Gasteiger partial charge on any atom is 0.317 e. The van der Waals surface area contributed by atoms with E-state index >= 15 is 0 Å². The summed E-state index contributed by atoms with van der Waals surface area (Å²) < 4.78 is 0. The van der Waals surface area contributed by atoms with Gasteiger partial charge >= 0.3 is 6.03 Å². The van der Waals surface area contributed by atoms with Crippen molar-refractivity contribution in [2.45, 2.75) is 25.2 Å². The normalized spacial score (nSPS) is 13.2. The summed E-state index contributed by atoms with van der Waals surface area (Å²) in [6.07, 6.45) is 0.238. The van der Waals surface area contributed by atoms with E-state index in [1.165, 1.54) is 0 Å². The zero-order chi connectivity index (χ0) is 15.8. The number of hydrogen-bond donors (Lipinski definition) is 4. The number of nitrogens with one attached hydrogen (secondary N) is 2. The number of rotatable bonds is 6. The Hall–Kier alpha value is -2.37. The number of carbonyl (C=O) groups is 1. The third-order valence-electron chi connectivity index (χ3n) is 3.23. The van der Waals surface area contributed by atoms with E-state index in [0.717, 1.165) is 11.1 Å². The van der Waals surface area contributed by atoms with Gasteiger partial charge in [0.25, 0.3) is 0 Å². The highest BCUT2D eigenvalue weighted by molar-refractivity contribution is 5.74. The molecule has 2 aromatic rings. The van der Waals surface area contributed by atoms with Gasteiger partial charge in [-0.15, -0.1) is 0 Å². The first-order valence-corrected chi connectivity index (χ1v) is 7.29. The van der Waals surface area contributed by atoms with Gasteiger partial charge in [-0.05, 0) is 11.1 Å². The van der Waals surface area contributed by atoms with Gasteiger partial charge in [0.05, 0.1) is 12.3 Å². The Kier molecular flexibility index (Phi) is 5.94. The Labute approximate surface area is 130 Å². The molecule has 6 N–H and O–H groups in total. The van der Waals surface area contributed by atoms with Crippen molar-refractivity contribution in [2.75, 3.05) is 0 Å². The molecule has 116 valence electrons. The zero-order valence-corrected chi connectivity index (χ0v) is 12.4. The van der Waals surface area contributed by atoms with Crippen LogP contribution in [-0.4, -0.2) is 18.4 Å². The summed E-state index contributed by atoms with van der Waals surface area (Å²) in [5.41, 5.74) is 14.0. The van der Waals surface area contributed by atoms with Gasteiger partial charge in [-0.3, -0.25) is 0 Å². The lowest BCUT2D eigenvalue weighted by Crippen LogP contribution is -2.53. The minimum Gasteiger partial charge on any atom is -0.323 e. The van der Waals surface area contributed by atoms with E-state index in [1.807, 2.05) is 60.7 Å². The molecule has 2 aromatic carbocycles. The van der Waals surface area contributed by atoms with Gasteiger partial charge in [-0.25, -0.2) is 4.79 Å². The van der Waals surface area contributed by atoms with Gasteiger partial charge in [-0.1, -0.05) is 60.7 Å². The maximum atomic E-state index is 11.9. The van der Waals surface area contributed by atoms with Gasteiger partial charge in [0.1, 0.15) is 0 Å². The van der Waals surface area contributed by atoms with Crippen molar-refractivity contribution in [3.63, 3.8) is 0 Å². The van der Waals surface area contributed by atoms with Crippen molar-refractivity contribution in [1.29, 1.82) is 0 Å². The molecule has 5 heteroatoms. The summed E-state index contributed by atoms with van der Waals surface area (Å²) in [6.45, 7) is 0. The highest BCUT2D eigenvalue weighted by Crippen LogP contribution is 2.01. The van der Waals surface area contributed by atoms with Gasteiger partial charge in [0.15, 0.2) is 0 Å². The van der Waals surface area contributed by atoms with Crippen molar-refractivity contribution in [2.24, 2.45) is 11.5 Å². The van der Waals surface area contributed by atoms with Gasteiger partial charge in [-0.2, -0.15) is 0 Å². The lowest BCUT2D eigenvalue weighted by atomic mass is 10.1. The molecule has 0 fully saturated rings.